The summed E-state index contributed by atoms with van der Waals surface area (Å²) in [6.45, 7) is -6.47. The van der Waals surface area contributed by atoms with Gasteiger partial charge in [0.15, 0.2) is 0 Å². The van der Waals surface area contributed by atoms with Crippen molar-refractivity contribution in [3.05, 3.63) is 24.0 Å². The molecule has 0 saturated heterocycles. The smallest absolute Gasteiger partial charge is 0.496 e. The largest absolute Gasteiger partial charge is 0.513 e. The van der Waals surface area contributed by atoms with Crippen LogP contribution in [-0.2, 0) is 0 Å². The minimum atomic E-state index is -5.47. The molecule has 1 aromatic carbocycles. The number of ether oxygens (including phenoxy) is 1. The molecule has 0 heterocycles. The van der Waals surface area contributed by atoms with Gasteiger partial charge in [0.05, 0.1) is 18.8 Å². The van der Waals surface area contributed by atoms with Crippen molar-refractivity contribution in [3.8, 4) is 5.75 Å². The molecule has 9 heteroatoms. The lowest BCUT2D eigenvalue weighted by atomic mass is 9.79. The Kier molecular flexibility index (Phi) is 4.13. The van der Waals surface area contributed by atoms with E-state index in [4.69, 9.17) is 0 Å². The van der Waals surface area contributed by atoms with Crippen LogP contribution in [0.3, 0.4) is 0 Å². The summed E-state index contributed by atoms with van der Waals surface area (Å²) < 4.78 is 89.9. The Bertz CT molecular complexity index is 412. The van der Waals surface area contributed by atoms with Crippen LogP contribution >= 0.6 is 0 Å². The SMILES string of the molecule is Fc1ccc([B-](F)(F)F)c(OCCC(F)(F)F)c1. The van der Waals surface area contributed by atoms with Gasteiger partial charge >= 0.3 is 13.2 Å². The summed E-state index contributed by atoms with van der Waals surface area (Å²) in [5.41, 5.74) is -1.25. The van der Waals surface area contributed by atoms with Gasteiger partial charge in [-0.1, -0.05) is 11.5 Å². The monoisotopic (exact) mass is 275 g/mol. The highest BCUT2D eigenvalue weighted by atomic mass is 19.4. The Morgan fingerprint density at radius 1 is 1.11 bits per heavy atom. The third-order valence-electron chi connectivity index (χ3n) is 1.97. The van der Waals surface area contributed by atoms with Crippen molar-refractivity contribution in [2.24, 2.45) is 0 Å². The molecule has 1 aromatic rings. The average Bonchev–Trinajstić information content (AvgIpc) is 2.13. The summed E-state index contributed by atoms with van der Waals surface area (Å²) in [5, 5.41) is 0. The maximum atomic E-state index is 12.7. The Morgan fingerprint density at radius 3 is 2.22 bits per heavy atom. The fraction of sp³-hybridized carbons (Fsp3) is 0.333. The summed E-state index contributed by atoms with van der Waals surface area (Å²) in [7, 11) is 0. The van der Waals surface area contributed by atoms with Gasteiger partial charge in [-0.2, -0.15) is 13.2 Å². The Labute approximate surface area is 97.6 Å². The quantitative estimate of drug-likeness (QED) is 0.605. The molecule has 1 rings (SSSR count). The van der Waals surface area contributed by atoms with Gasteiger partial charge in [-0.05, 0) is 6.07 Å². The molecule has 0 bridgehead atoms. The molecule has 1 nitrogen and oxygen atoms in total. The molecule has 18 heavy (non-hydrogen) atoms. The molecule has 0 fully saturated rings. The third-order valence-corrected chi connectivity index (χ3v) is 1.97. The van der Waals surface area contributed by atoms with Crippen LogP contribution in [-0.4, -0.2) is 19.8 Å². The van der Waals surface area contributed by atoms with E-state index in [1.807, 2.05) is 0 Å². The van der Waals surface area contributed by atoms with Crippen molar-refractivity contribution in [2.75, 3.05) is 6.61 Å². The van der Waals surface area contributed by atoms with Crippen molar-refractivity contribution >= 4 is 12.4 Å². The van der Waals surface area contributed by atoms with Crippen LogP contribution < -0.4 is 10.2 Å². The summed E-state index contributed by atoms with van der Waals surface area (Å²) in [6, 6.07) is 1.43. The molecule has 0 aromatic heterocycles. The summed E-state index contributed by atoms with van der Waals surface area (Å²) in [6.07, 6.45) is -5.95. The Balaban J connectivity index is 2.84. The van der Waals surface area contributed by atoms with Crippen LogP contribution in [0.2, 0.25) is 0 Å². The van der Waals surface area contributed by atoms with Gasteiger partial charge in [-0.15, -0.1) is 0 Å². The van der Waals surface area contributed by atoms with Crippen molar-refractivity contribution in [1.29, 1.82) is 0 Å². The Morgan fingerprint density at radius 2 is 1.72 bits per heavy atom. The maximum absolute atomic E-state index is 12.7. The molecule has 0 aliphatic carbocycles. The van der Waals surface area contributed by atoms with Gasteiger partial charge in [0.2, 0.25) is 0 Å². The molecular weight excluding hydrogens is 268 g/mol. The van der Waals surface area contributed by atoms with Gasteiger partial charge in [-0.25, -0.2) is 4.39 Å². The first-order valence-electron chi connectivity index (χ1n) is 4.78. The Hall–Kier alpha value is -1.41. The number of alkyl halides is 3. The fourth-order valence-corrected chi connectivity index (χ4v) is 1.18. The van der Waals surface area contributed by atoms with Crippen molar-refractivity contribution in [2.45, 2.75) is 12.6 Å². The molecule has 0 aliphatic rings. The van der Waals surface area contributed by atoms with Crippen LogP contribution in [0.4, 0.5) is 30.5 Å². The van der Waals surface area contributed by atoms with E-state index in [9.17, 15) is 30.5 Å². The van der Waals surface area contributed by atoms with Gasteiger partial charge in [-0.3, -0.25) is 0 Å². The normalized spacial score (nSPS) is 12.6. The first kappa shape index (κ1) is 14.7. The molecule has 102 valence electrons. The van der Waals surface area contributed by atoms with Gasteiger partial charge < -0.3 is 17.7 Å². The van der Waals surface area contributed by atoms with E-state index in [0.717, 1.165) is 0 Å². The third kappa shape index (κ3) is 4.46. The standard InChI is InChI=1S/C9H7BF7O/c11-6-1-2-7(10(15,16)17)8(5-6)18-4-3-9(12,13)14/h1-2,5H,3-4H2/q-1. The fourth-order valence-electron chi connectivity index (χ4n) is 1.18. The first-order chi connectivity index (χ1) is 8.09. The number of hydrogen-bond acceptors (Lipinski definition) is 1. The van der Waals surface area contributed by atoms with E-state index in [0.29, 0.717) is 18.2 Å². The van der Waals surface area contributed by atoms with Crippen LogP contribution in [0.5, 0.6) is 5.75 Å². The van der Waals surface area contributed by atoms with Crippen LogP contribution in [0, 0.1) is 5.82 Å². The van der Waals surface area contributed by atoms with E-state index in [-0.39, 0.29) is 0 Å². The predicted molar refractivity (Wildman–Crippen MR) is 51.3 cm³/mol. The van der Waals surface area contributed by atoms with Crippen LogP contribution in [0.15, 0.2) is 18.2 Å². The van der Waals surface area contributed by atoms with E-state index >= 15 is 0 Å². The second kappa shape index (κ2) is 5.07. The highest BCUT2D eigenvalue weighted by molar-refractivity contribution is 6.74. The lowest BCUT2D eigenvalue weighted by Gasteiger charge is -2.20. The molecule has 0 aliphatic heterocycles. The summed E-state index contributed by atoms with van der Waals surface area (Å²) in [4.78, 5) is 0. The van der Waals surface area contributed by atoms with Crippen molar-refractivity contribution in [1.82, 2.24) is 0 Å². The van der Waals surface area contributed by atoms with Gasteiger partial charge in [0, 0.05) is 6.07 Å². The molecule has 0 amide bonds. The number of rotatable bonds is 4. The second-order valence-electron chi connectivity index (χ2n) is 3.47. The number of hydrogen-bond donors (Lipinski definition) is 0. The van der Waals surface area contributed by atoms with Crippen LogP contribution in [0.25, 0.3) is 0 Å². The molecule has 0 radical (unpaired) electrons. The lowest BCUT2D eigenvalue weighted by molar-refractivity contribution is -0.139. The van der Waals surface area contributed by atoms with E-state index in [1.54, 1.807) is 0 Å². The molecule has 0 saturated carbocycles. The number of benzene rings is 1. The minimum absolute atomic E-state index is 0.418. The van der Waals surface area contributed by atoms with Crippen LogP contribution in [0.1, 0.15) is 6.42 Å². The van der Waals surface area contributed by atoms with E-state index < -0.39 is 43.2 Å². The summed E-state index contributed by atoms with van der Waals surface area (Å²) >= 11 is 0. The molecule has 0 atom stereocenters. The average molecular weight is 275 g/mol. The first-order valence-corrected chi connectivity index (χ1v) is 4.78. The molecule has 0 unspecified atom stereocenters. The zero-order valence-electron chi connectivity index (χ0n) is 8.78. The van der Waals surface area contributed by atoms with E-state index in [2.05, 4.69) is 4.74 Å². The predicted octanol–water partition coefficient (Wildman–Crippen LogP) is 3.21. The zero-order chi connectivity index (χ0) is 14.0. The number of halogens is 7. The lowest BCUT2D eigenvalue weighted by Crippen LogP contribution is -2.35. The maximum Gasteiger partial charge on any atom is 0.513 e. The van der Waals surface area contributed by atoms with Crippen molar-refractivity contribution < 1.29 is 35.2 Å². The topological polar surface area (TPSA) is 9.23 Å². The molecule has 0 N–H and O–H groups in total. The second-order valence-corrected chi connectivity index (χ2v) is 3.47. The van der Waals surface area contributed by atoms with E-state index in [1.165, 1.54) is 0 Å². The van der Waals surface area contributed by atoms with Gasteiger partial charge in [0.1, 0.15) is 5.82 Å². The highest BCUT2D eigenvalue weighted by Gasteiger charge is 2.31. The zero-order valence-corrected chi connectivity index (χ0v) is 8.78. The van der Waals surface area contributed by atoms with Gasteiger partial charge in [0.25, 0.3) is 0 Å². The van der Waals surface area contributed by atoms with Crippen molar-refractivity contribution in [3.63, 3.8) is 0 Å². The molecular formula is C9H7BF7O-. The highest BCUT2D eigenvalue weighted by Crippen LogP contribution is 2.22. The minimum Gasteiger partial charge on any atom is -0.496 e. The molecule has 0 spiro atoms. The summed E-state index contributed by atoms with van der Waals surface area (Å²) in [5.74, 6) is -1.94.